The topological polar surface area (TPSA) is 54.3 Å². The van der Waals surface area contributed by atoms with E-state index in [9.17, 15) is 9.59 Å². The summed E-state index contributed by atoms with van der Waals surface area (Å²) in [7, 11) is 0. The van der Waals surface area contributed by atoms with Crippen LogP contribution in [-0.2, 0) is 4.79 Å². The molecule has 0 unspecified atom stereocenters. The molecule has 0 spiro atoms. The van der Waals surface area contributed by atoms with E-state index in [0.717, 1.165) is 11.3 Å². The van der Waals surface area contributed by atoms with Crippen LogP contribution in [0.2, 0.25) is 0 Å². The van der Waals surface area contributed by atoms with Gasteiger partial charge in [-0.3, -0.25) is 9.59 Å². The Morgan fingerprint density at radius 1 is 1.17 bits per heavy atom. The van der Waals surface area contributed by atoms with E-state index >= 15 is 0 Å². The summed E-state index contributed by atoms with van der Waals surface area (Å²) >= 11 is 0. The van der Waals surface area contributed by atoms with E-state index in [1.165, 1.54) is 37.8 Å². The summed E-state index contributed by atoms with van der Waals surface area (Å²) < 4.78 is 2.37. The molecule has 1 aliphatic heterocycles. The van der Waals surface area contributed by atoms with E-state index in [1.807, 2.05) is 11.0 Å². The Bertz CT molecular complexity index is 600. The molecule has 0 aromatic carbocycles. The summed E-state index contributed by atoms with van der Waals surface area (Å²) in [6.07, 6.45) is 6.72. The number of rotatable bonds is 2. The number of carbonyl (C=O) groups excluding carboxylic acids is 2. The second-order valence-corrected chi connectivity index (χ2v) is 6.84. The minimum atomic E-state index is 0.0352. The van der Waals surface area contributed by atoms with Gasteiger partial charge in [-0.05, 0) is 32.8 Å². The number of carbonyl (C=O) groups is 2. The molecule has 1 aromatic rings. The highest BCUT2D eigenvalue weighted by molar-refractivity contribution is 5.96. The van der Waals surface area contributed by atoms with Crippen molar-refractivity contribution in [2.45, 2.75) is 58.4 Å². The highest BCUT2D eigenvalue weighted by Gasteiger charge is 2.26. The predicted molar refractivity (Wildman–Crippen MR) is 89.6 cm³/mol. The lowest BCUT2D eigenvalue weighted by molar-refractivity contribution is -0.120. The fourth-order valence-electron chi connectivity index (χ4n) is 4.04. The van der Waals surface area contributed by atoms with Crippen molar-refractivity contribution < 1.29 is 9.59 Å². The molecule has 126 valence electrons. The van der Waals surface area contributed by atoms with Gasteiger partial charge in [0.05, 0.1) is 5.56 Å². The molecular weight excluding hydrogens is 290 g/mol. The first kappa shape index (κ1) is 16.1. The molecule has 5 nitrogen and oxygen atoms in total. The number of hydrogen-bond acceptors (Lipinski definition) is 2. The zero-order valence-electron chi connectivity index (χ0n) is 14.2. The summed E-state index contributed by atoms with van der Waals surface area (Å²) in [4.78, 5) is 26.2. The Balaban J connectivity index is 1.82. The van der Waals surface area contributed by atoms with E-state index < -0.39 is 0 Å². The average molecular weight is 317 g/mol. The quantitative estimate of drug-likeness (QED) is 0.911. The zero-order valence-corrected chi connectivity index (χ0v) is 14.2. The molecule has 2 heterocycles. The van der Waals surface area contributed by atoms with Crippen molar-refractivity contribution in [2.75, 3.05) is 19.6 Å². The van der Waals surface area contributed by atoms with Crippen LogP contribution in [0.15, 0.2) is 6.07 Å². The van der Waals surface area contributed by atoms with E-state index in [-0.39, 0.29) is 11.8 Å². The Hall–Kier alpha value is -1.78. The molecule has 1 N–H and O–H groups in total. The Morgan fingerprint density at radius 2 is 1.91 bits per heavy atom. The first-order chi connectivity index (χ1) is 11.1. The van der Waals surface area contributed by atoms with Gasteiger partial charge in [-0.1, -0.05) is 19.3 Å². The third-order valence-electron chi connectivity index (χ3n) is 5.25. The number of hydrogen-bond donors (Lipinski definition) is 1. The molecule has 0 bridgehead atoms. The van der Waals surface area contributed by atoms with Crippen molar-refractivity contribution in [3.8, 4) is 0 Å². The third kappa shape index (κ3) is 3.28. The summed E-state index contributed by atoms with van der Waals surface area (Å²) in [5.74, 6) is 0.102. The third-order valence-corrected chi connectivity index (χ3v) is 5.25. The molecule has 1 saturated heterocycles. The fourth-order valence-corrected chi connectivity index (χ4v) is 4.04. The highest BCUT2D eigenvalue weighted by Crippen LogP contribution is 2.32. The van der Waals surface area contributed by atoms with Crippen LogP contribution in [0.1, 0.15) is 66.3 Å². The van der Waals surface area contributed by atoms with Crippen LogP contribution in [-0.4, -0.2) is 40.9 Å². The Kier molecular flexibility index (Phi) is 4.74. The van der Waals surface area contributed by atoms with Crippen molar-refractivity contribution in [2.24, 2.45) is 0 Å². The molecule has 2 aliphatic rings. The molecule has 0 atom stereocenters. The van der Waals surface area contributed by atoms with Gasteiger partial charge in [0, 0.05) is 43.5 Å². The molecular formula is C18H27N3O2. The number of amides is 2. The van der Waals surface area contributed by atoms with E-state index in [1.54, 1.807) is 0 Å². The first-order valence-corrected chi connectivity index (χ1v) is 8.82. The largest absolute Gasteiger partial charge is 0.354 e. The van der Waals surface area contributed by atoms with Crippen LogP contribution in [0.3, 0.4) is 0 Å². The molecule has 2 amide bonds. The smallest absolute Gasteiger partial charge is 0.255 e. The number of aromatic nitrogens is 1. The number of nitrogens with one attached hydrogen (secondary N) is 1. The SMILES string of the molecule is Cc1cc(C(=O)N2CCNC(=O)CC2)c(C)n1C1CCCCC1. The van der Waals surface area contributed by atoms with Gasteiger partial charge < -0.3 is 14.8 Å². The van der Waals surface area contributed by atoms with Crippen molar-refractivity contribution in [1.29, 1.82) is 0 Å². The monoisotopic (exact) mass is 317 g/mol. The molecule has 1 aliphatic carbocycles. The maximum Gasteiger partial charge on any atom is 0.255 e. The summed E-state index contributed by atoms with van der Waals surface area (Å²) in [5, 5.41) is 2.83. The molecule has 23 heavy (non-hydrogen) atoms. The van der Waals surface area contributed by atoms with Gasteiger partial charge in [-0.2, -0.15) is 0 Å². The lowest BCUT2D eigenvalue weighted by Crippen LogP contribution is -2.34. The molecule has 1 saturated carbocycles. The molecule has 3 rings (SSSR count). The van der Waals surface area contributed by atoms with Crippen LogP contribution in [0.25, 0.3) is 0 Å². The first-order valence-electron chi connectivity index (χ1n) is 8.82. The molecule has 2 fully saturated rings. The second kappa shape index (κ2) is 6.77. The predicted octanol–water partition coefficient (Wildman–Crippen LogP) is 2.57. The standard InChI is InChI=1S/C18H27N3O2/c1-13-12-16(14(2)21(13)15-6-4-3-5-7-15)18(23)20-10-8-17(22)19-9-11-20/h12,15H,3-11H2,1-2H3,(H,19,22). The zero-order chi connectivity index (χ0) is 16.4. The second-order valence-electron chi connectivity index (χ2n) is 6.84. The van der Waals surface area contributed by atoms with Gasteiger partial charge >= 0.3 is 0 Å². The summed E-state index contributed by atoms with van der Waals surface area (Å²) in [6, 6.07) is 2.57. The molecule has 1 aromatic heterocycles. The number of nitrogens with zero attached hydrogens (tertiary/aromatic N) is 2. The van der Waals surface area contributed by atoms with Gasteiger partial charge in [0.25, 0.3) is 5.91 Å². The molecule has 5 heteroatoms. The summed E-state index contributed by atoms with van der Waals surface area (Å²) in [5.41, 5.74) is 3.08. The van der Waals surface area contributed by atoms with Gasteiger partial charge in [0.15, 0.2) is 0 Å². The summed E-state index contributed by atoms with van der Waals surface area (Å²) in [6.45, 7) is 5.82. The molecule has 0 radical (unpaired) electrons. The number of aryl methyl sites for hydroxylation is 1. The van der Waals surface area contributed by atoms with Crippen LogP contribution in [0.5, 0.6) is 0 Å². The van der Waals surface area contributed by atoms with Crippen LogP contribution >= 0.6 is 0 Å². The van der Waals surface area contributed by atoms with Crippen LogP contribution in [0.4, 0.5) is 0 Å². The Morgan fingerprint density at radius 3 is 2.65 bits per heavy atom. The van der Waals surface area contributed by atoms with E-state index in [0.29, 0.717) is 32.1 Å². The van der Waals surface area contributed by atoms with E-state index in [4.69, 9.17) is 0 Å². The van der Waals surface area contributed by atoms with Crippen molar-refractivity contribution >= 4 is 11.8 Å². The van der Waals surface area contributed by atoms with Gasteiger partial charge in [0.1, 0.15) is 0 Å². The lowest BCUT2D eigenvalue weighted by Gasteiger charge is -2.26. The lowest BCUT2D eigenvalue weighted by atomic mass is 9.95. The maximum atomic E-state index is 12.9. The average Bonchev–Trinajstić information content (AvgIpc) is 2.71. The van der Waals surface area contributed by atoms with Crippen molar-refractivity contribution in [3.63, 3.8) is 0 Å². The normalized spacial score (nSPS) is 20.3. The minimum Gasteiger partial charge on any atom is -0.354 e. The van der Waals surface area contributed by atoms with Crippen molar-refractivity contribution in [1.82, 2.24) is 14.8 Å². The minimum absolute atomic E-state index is 0.0352. The van der Waals surface area contributed by atoms with Gasteiger partial charge in [0.2, 0.25) is 5.91 Å². The van der Waals surface area contributed by atoms with Gasteiger partial charge in [-0.25, -0.2) is 0 Å². The van der Waals surface area contributed by atoms with E-state index in [2.05, 4.69) is 23.7 Å². The van der Waals surface area contributed by atoms with Crippen LogP contribution in [0, 0.1) is 13.8 Å². The fraction of sp³-hybridized carbons (Fsp3) is 0.667. The Labute approximate surface area is 138 Å². The maximum absolute atomic E-state index is 12.9. The van der Waals surface area contributed by atoms with Gasteiger partial charge in [-0.15, -0.1) is 0 Å². The van der Waals surface area contributed by atoms with Crippen LogP contribution < -0.4 is 5.32 Å². The highest BCUT2D eigenvalue weighted by atomic mass is 16.2. The van der Waals surface area contributed by atoms with Crippen molar-refractivity contribution in [3.05, 3.63) is 23.0 Å².